The van der Waals surface area contributed by atoms with Crippen LogP contribution < -0.4 is 0 Å². The summed E-state index contributed by atoms with van der Waals surface area (Å²) in [4.78, 5) is 14.0. The number of aliphatic hydroxyl groups excluding tert-OH is 1. The van der Waals surface area contributed by atoms with Gasteiger partial charge in [-0.05, 0) is 93.5 Å². The number of β-amino-alcohol motifs (C(OH)–C–C–N with tert-alkyl or cyclic N) is 1. The number of halogens is 3. The molecule has 1 heterocycles. The van der Waals surface area contributed by atoms with Gasteiger partial charge in [0.25, 0.3) is 0 Å². The molecule has 198 valence electrons. The molecule has 0 unspecified atom stereocenters. The van der Waals surface area contributed by atoms with Gasteiger partial charge in [0.15, 0.2) is 0 Å². The summed E-state index contributed by atoms with van der Waals surface area (Å²) >= 11 is 5.98. The summed E-state index contributed by atoms with van der Waals surface area (Å²) in [5.74, 6) is -1.09. The fourth-order valence-corrected chi connectivity index (χ4v) is 4.93. The average Bonchev–Trinajstić information content (AvgIpc) is 3.26. The number of carbonyl (C=O) groups is 1. The summed E-state index contributed by atoms with van der Waals surface area (Å²) in [6, 6.07) is 8.44. The van der Waals surface area contributed by atoms with Crippen molar-refractivity contribution < 1.29 is 28.2 Å². The SMILES string of the molecule is CCOC(=O)CCc1cc(Cl)c(F)cc1[C@@H](C)OC[C@H](O)CN1CCC[C@H]1Cc1ccc(C)c(F)c1. The lowest BCUT2D eigenvalue weighted by Gasteiger charge is -2.28. The summed E-state index contributed by atoms with van der Waals surface area (Å²) in [5, 5.41) is 10.7. The molecule has 5 nitrogen and oxygen atoms in total. The molecule has 1 aliphatic rings. The third-order valence-electron chi connectivity index (χ3n) is 6.71. The first-order valence-corrected chi connectivity index (χ1v) is 13.0. The number of esters is 1. The highest BCUT2D eigenvalue weighted by atomic mass is 35.5. The van der Waals surface area contributed by atoms with Gasteiger partial charge in [-0.1, -0.05) is 23.7 Å². The molecule has 1 aliphatic heterocycles. The molecular weight excluding hydrogens is 488 g/mol. The number of ether oxygens (including phenoxy) is 2. The highest BCUT2D eigenvalue weighted by molar-refractivity contribution is 6.30. The highest BCUT2D eigenvalue weighted by Crippen LogP contribution is 2.29. The second kappa shape index (κ2) is 13.5. The number of nitrogens with zero attached hydrogens (tertiary/aromatic N) is 1. The number of benzene rings is 2. The zero-order valence-corrected chi connectivity index (χ0v) is 22.0. The number of aliphatic hydroxyl groups is 1. The molecule has 3 rings (SSSR count). The summed E-state index contributed by atoms with van der Waals surface area (Å²) in [7, 11) is 0. The quantitative estimate of drug-likeness (QED) is 0.369. The number of carbonyl (C=O) groups excluding carboxylic acids is 1. The van der Waals surface area contributed by atoms with Gasteiger partial charge in [-0.3, -0.25) is 9.69 Å². The van der Waals surface area contributed by atoms with Gasteiger partial charge in [0.1, 0.15) is 11.6 Å². The van der Waals surface area contributed by atoms with Crippen LogP contribution in [0.25, 0.3) is 0 Å². The van der Waals surface area contributed by atoms with E-state index in [0.29, 0.717) is 36.3 Å². The molecule has 0 spiro atoms. The van der Waals surface area contributed by atoms with Gasteiger partial charge in [0, 0.05) is 19.0 Å². The molecule has 0 aromatic heterocycles. The molecule has 3 atom stereocenters. The van der Waals surface area contributed by atoms with Crippen LogP contribution in [0.3, 0.4) is 0 Å². The summed E-state index contributed by atoms with van der Waals surface area (Å²) in [5.41, 5.74) is 2.89. The maximum atomic E-state index is 14.2. The van der Waals surface area contributed by atoms with E-state index in [1.807, 2.05) is 6.07 Å². The van der Waals surface area contributed by atoms with Crippen LogP contribution in [0.2, 0.25) is 5.02 Å². The Bertz CT molecular complexity index is 1030. The van der Waals surface area contributed by atoms with Crippen molar-refractivity contribution in [2.24, 2.45) is 0 Å². The van der Waals surface area contributed by atoms with Crippen molar-refractivity contribution in [2.45, 2.75) is 71.1 Å². The van der Waals surface area contributed by atoms with Crippen molar-refractivity contribution in [3.8, 4) is 0 Å². The van der Waals surface area contributed by atoms with Crippen LogP contribution >= 0.6 is 11.6 Å². The monoisotopic (exact) mass is 523 g/mol. The van der Waals surface area contributed by atoms with Crippen molar-refractivity contribution in [2.75, 3.05) is 26.3 Å². The maximum Gasteiger partial charge on any atom is 0.306 e. The number of hydrogen-bond donors (Lipinski definition) is 1. The number of rotatable bonds is 12. The number of likely N-dealkylation sites (tertiary alicyclic amines) is 1. The van der Waals surface area contributed by atoms with Crippen LogP contribution in [-0.4, -0.2) is 54.4 Å². The zero-order valence-electron chi connectivity index (χ0n) is 21.2. The fraction of sp³-hybridized carbons (Fsp3) is 0.536. The molecule has 2 aromatic rings. The molecule has 2 aromatic carbocycles. The molecule has 0 radical (unpaired) electrons. The molecule has 0 amide bonds. The van der Waals surface area contributed by atoms with Gasteiger partial charge in [-0.2, -0.15) is 0 Å². The number of aryl methyl sites for hydroxylation is 2. The summed E-state index contributed by atoms with van der Waals surface area (Å²) < 4.78 is 39.1. The fourth-order valence-electron chi connectivity index (χ4n) is 4.74. The first kappa shape index (κ1) is 28.5. The molecular formula is C28H36ClF2NO4. The first-order valence-electron chi connectivity index (χ1n) is 12.6. The van der Waals surface area contributed by atoms with Gasteiger partial charge >= 0.3 is 5.97 Å². The molecule has 1 saturated heterocycles. The minimum Gasteiger partial charge on any atom is -0.466 e. The standard InChI is InChI=1S/C28H36ClF2NO4/c1-4-35-28(34)10-9-21-14-25(29)27(31)15-24(21)19(3)36-17-23(33)16-32-11-5-6-22(32)12-20-8-7-18(2)26(30)13-20/h7-8,13-15,19,22-23,33H,4-6,9-12,16-17H2,1-3H3/t19-,22+,23-/m1/s1. The first-order chi connectivity index (χ1) is 17.2. The third kappa shape index (κ3) is 7.97. The summed E-state index contributed by atoms with van der Waals surface area (Å²) in [6.07, 6.45) is 2.01. The lowest BCUT2D eigenvalue weighted by molar-refractivity contribution is -0.143. The Balaban J connectivity index is 1.56. The maximum absolute atomic E-state index is 14.2. The van der Waals surface area contributed by atoms with Crippen LogP contribution in [0, 0.1) is 18.6 Å². The Hall–Kier alpha value is -2.06. The Labute approximate surface area is 217 Å². The molecule has 1 fully saturated rings. The molecule has 1 N–H and O–H groups in total. The second-order valence-electron chi connectivity index (χ2n) is 9.48. The van der Waals surface area contributed by atoms with E-state index in [0.717, 1.165) is 31.4 Å². The van der Waals surface area contributed by atoms with Gasteiger partial charge in [-0.25, -0.2) is 8.78 Å². The smallest absolute Gasteiger partial charge is 0.306 e. The van der Waals surface area contributed by atoms with E-state index in [1.165, 1.54) is 12.1 Å². The summed E-state index contributed by atoms with van der Waals surface area (Å²) in [6.45, 7) is 6.96. The topological polar surface area (TPSA) is 59.0 Å². The molecule has 0 bridgehead atoms. The largest absolute Gasteiger partial charge is 0.466 e. The molecule has 8 heteroatoms. The van der Waals surface area contributed by atoms with Gasteiger partial charge in [0.2, 0.25) is 0 Å². The lowest BCUT2D eigenvalue weighted by Crippen LogP contribution is -2.39. The highest BCUT2D eigenvalue weighted by Gasteiger charge is 2.27. The lowest BCUT2D eigenvalue weighted by atomic mass is 9.99. The van der Waals surface area contributed by atoms with Crippen LogP contribution in [0.1, 0.15) is 61.5 Å². The van der Waals surface area contributed by atoms with E-state index in [2.05, 4.69) is 4.90 Å². The second-order valence-corrected chi connectivity index (χ2v) is 9.89. The van der Waals surface area contributed by atoms with E-state index >= 15 is 0 Å². The van der Waals surface area contributed by atoms with Crippen molar-refractivity contribution in [1.29, 1.82) is 0 Å². The van der Waals surface area contributed by atoms with Crippen molar-refractivity contribution in [1.82, 2.24) is 4.90 Å². The van der Waals surface area contributed by atoms with E-state index in [-0.39, 0.29) is 35.9 Å². The Kier molecular flexibility index (Phi) is 10.7. The predicted molar refractivity (Wildman–Crippen MR) is 136 cm³/mol. The Morgan fingerprint density at radius 3 is 2.75 bits per heavy atom. The third-order valence-corrected chi connectivity index (χ3v) is 7.00. The van der Waals surface area contributed by atoms with Crippen LogP contribution in [0.5, 0.6) is 0 Å². The van der Waals surface area contributed by atoms with Crippen molar-refractivity contribution in [3.63, 3.8) is 0 Å². The number of hydrogen-bond acceptors (Lipinski definition) is 5. The van der Waals surface area contributed by atoms with Crippen LogP contribution in [-0.2, 0) is 27.1 Å². The van der Waals surface area contributed by atoms with Crippen molar-refractivity contribution >= 4 is 17.6 Å². The van der Waals surface area contributed by atoms with E-state index < -0.39 is 18.0 Å². The minimum absolute atomic E-state index is 0.0154. The average molecular weight is 524 g/mol. The predicted octanol–water partition coefficient (Wildman–Crippen LogP) is 5.57. The molecule has 0 saturated carbocycles. The van der Waals surface area contributed by atoms with Crippen LogP contribution in [0.4, 0.5) is 8.78 Å². The molecule has 0 aliphatic carbocycles. The Morgan fingerprint density at radius 2 is 2.03 bits per heavy atom. The molecule has 36 heavy (non-hydrogen) atoms. The van der Waals surface area contributed by atoms with E-state index in [4.69, 9.17) is 21.1 Å². The Morgan fingerprint density at radius 1 is 1.25 bits per heavy atom. The van der Waals surface area contributed by atoms with E-state index in [9.17, 15) is 18.7 Å². The minimum atomic E-state index is -0.733. The van der Waals surface area contributed by atoms with E-state index in [1.54, 1.807) is 32.9 Å². The van der Waals surface area contributed by atoms with Gasteiger partial charge in [-0.15, -0.1) is 0 Å². The zero-order chi connectivity index (χ0) is 26.2. The normalized spacial score (nSPS) is 17.8. The van der Waals surface area contributed by atoms with Gasteiger partial charge < -0.3 is 14.6 Å². The van der Waals surface area contributed by atoms with Crippen molar-refractivity contribution in [3.05, 3.63) is 69.2 Å². The van der Waals surface area contributed by atoms with Gasteiger partial charge in [0.05, 0.1) is 30.4 Å². The van der Waals surface area contributed by atoms with Crippen LogP contribution in [0.15, 0.2) is 30.3 Å².